The molecular formula is C25H51N2O2+. The number of nitrogens with zero attached hydrogens (tertiary/aromatic N) is 2. The number of hydrogen-bond acceptors (Lipinski definition) is 2. The topological polar surface area (TPSA) is 29.5 Å². The molecule has 0 radical (unpaired) electrons. The summed E-state index contributed by atoms with van der Waals surface area (Å²) in [5.74, 6) is 0.319. The van der Waals surface area contributed by atoms with Crippen molar-refractivity contribution in [3.05, 3.63) is 0 Å². The van der Waals surface area contributed by atoms with Crippen LogP contribution in [0, 0.1) is 0 Å². The molecule has 0 aromatic rings. The van der Waals surface area contributed by atoms with Crippen LogP contribution in [0.5, 0.6) is 0 Å². The van der Waals surface area contributed by atoms with E-state index in [-0.39, 0.29) is 0 Å². The maximum atomic E-state index is 11.8. The van der Waals surface area contributed by atoms with Gasteiger partial charge in [0.15, 0.2) is 6.67 Å². The highest BCUT2D eigenvalue weighted by Crippen LogP contribution is 2.14. The minimum absolute atomic E-state index is 0.319. The zero-order valence-corrected chi connectivity index (χ0v) is 20.1. The summed E-state index contributed by atoms with van der Waals surface area (Å²) < 4.78 is 6.69. The molecule has 0 atom stereocenters. The number of hydrogen-bond donors (Lipinski definition) is 0. The lowest BCUT2D eigenvalue weighted by atomic mass is 10.0. The number of unbranched alkanes of at least 4 members (excludes halogenated alkanes) is 13. The number of likely N-dealkylation sites (tertiary alicyclic amines) is 1. The second-order valence-electron chi connectivity index (χ2n) is 9.77. The highest BCUT2D eigenvalue weighted by Gasteiger charge is 2.27. The summed E-state index contributed by atoms with van der Waals surface area (Å²) in [5, 5.41) is 0. The van der Waals surface area contributed by atoms with Crippen molar-refractivity contribution in [2.24, 2.45) is 0 Å². The zero-order chi connectivity index (χ0) is 21.2. The molecule has 1 aliphatic rings. The van der Waals surface area contributed by atoms with Gasteiger partial charge in [-0.25, -0.2) is 0 Å². The van der Waals surface area contributed by atoms with Gasteiger partial charge >= 0.3 is 0 Å². The van der Waals surface area contributed by atoms with Gasteiger partial charge < -0.3 is 9.22 Å². The minimum atomic E-state index is 0.319. The number of carbonyl (C=O) groups is 1. The number of quaternary nitrogens is 1. The van der Waals surface area contributed by atoms with Gasteiger partial charge in [-0.1, -0.05) is 90.4 Å². The number of ether oxygens (including phenoxy) is 1. The molecule has 1 rings (SSSR count). The SMILES string of the molecule is CCCCCCCCCCCCCCCCOCC[N+](C)(C)CN1CCCC1=O. The van der Waals surface area contributed by atoms with E-state index in [0.29, 0.717) is 5.91 Å². The zero-order valence-electron chi connectivity index (χ0n) is 20.1. The molecule has 0 aliphatic carbocycles. The first-order chi connectivity index (χ1) is 14.0. The van der Waals surface area contributed by atoms with Gasteiger partial charge in [-0.3, -0.25) is 9.69 Å². The molecule has 0 bridgehead atoms. The average Bonchev–Trinajstić information content (AvgIpc) is 3.08. The summed E-state index contributed by atoms with van der Waals surface area (Å²) in [7, 11) is 4.39. The predicted octanol–water partition coefficient (Wildman–Crippen LogP) is 6.14. The van der Waals surface area contributed by atoms with Gasteiger partial charge in [-0.05, 0) is 12.8 Å². The summed E-state index contributed by atoms with van der Waals surface area (Å²) >= 11 is 0. The van der Waals surface area contributed by atoms with Crippen molar-refractivity contribution in [1.82, 2.24) is 4.90 Å². The lowest BCUT2D eigenvalue weighted by Crippen LogP contribution is -2.50. The Balaban J connectivity index is 1.79. The number of likely N-dealkylation sites (N-methyl/N-ethyl adjacent to an activating group) is 1. The predicted molar refractivity (Wildman–Crippen MR) is 124 cm³/mol. The van der Waals surface area contributed by atoms with Crippen LogP contribution >= 0.6 is 0 Å². The van der Waals surface area contributed by atoms with Crippen LogP contribution in [0.25, 0.3) is 0 Å². The monoisotopic (exact) mass is 411 g/mol. The van der Waals surface area contributed by atoms with E-state index in [0.717, 1.165) is 50.3 Å². The smallest absolute Gasteiger partial charge is 0.226 e. The molecule has 1 heterocycles. The van der Waals surface area contributed by atoms with Gasteiger partial charge in [0.1, 0.15) is 6.54 Å². The number of amides is 1. The van der Waals surface area contributed by atoms with Crippen molar-refractivity contribution in [2.45, 2.75) is 110 Å². The van der Waals surface area contributed by atoms with E-state index in [2.05, 4.69) is 21.0 Å². The molecule has 0 spiro atoms. The Bertz CT molecular complexity index is 398. The second kappa shape index (κ2) is 17.1. The van der Waals surface area contributed by atoms with Crippen molar-refractivity contribution < 1.29 is 14.0 Å². The molecule has 0 aromatic carbocycles. The van der Waals surface area contributed by atoms with Crippen molar-refractivity contribution in [3.63, 3.8) is 0 Å². The molecule has 1 amide bonds. The van der Waals surface area contributed by atoms with Gasteiger partial charge in [0.25, 0.3) is 0 Å². The van der Waals surface area contributed by atoms with Crippen LogP contribution in [0.15, 0.2) is 0 Å². The molecule has 172 valence electrons. The normalized spacial score (nSPS) is 14.9. The summed E-state index contributed by atoms with van der Waals surface area (Å²) in [4.78, 5) is 13.8. The molecule has 1 saturated heterocycles. The summed E-state index contributed by atoms with van der Waals surface area (Å²) in [6.45, 7) is 6.70. The molecule has 0 saturated carbocycles. The van der Waals surface area contributed by atoms with Gasteiger partial charge in [-0.15, -0.1) is 0 Å². The van der Waals surface area contributed by atoms with Crippen LogP contribution in [-0.2, 0) is 9.53 Å². The lowest BCUT2D eigenvalue weighted by molar-refractivity contribution is -0.899. The van der Waals surface area contributed by atoms with Crippen LogP contribution in [-0.4, -0.2) is 62.4 Å². The van der Waals surface area contributed by atoms with Gasteiger partial charge in [-0.2, -0.15) is 0 Å². The van der Waals surface area contributed by atoms with E-state index in [9.17, 15) is 4.79 Å². The third-order valence-electron chi connectivity index (χ3n) is 6.21. The first-order valence-corrected chi connectivity index (χ1v) is 12.7. The van der Waals surface area contributed by atoms with Crippen LogP contribution in [0.2, 0.25) is 0 Å². The van der Waals surface area contributed by atoms with Crippen molar-refractivity contribution in [3.8, 4) is 0 Å². The summed E-state index contributed by atoms with van der Waals surface area (Å²) in [6, 6.07) is 0. The Labute approximate surface area is 181 Å². The third-order valence-corrected chi connectivity index (χ3v) is 6.21. The molecule has 29 heavy (non-hydrogen) atoms. The Kier molecular flexibility index (Phi) is 15.6. The van der Waals surface area contributed by atoms with Crippen molar-refractivity contribution in [1.29, 1.82) is 0 Å². The van der Waals surface area contributed by atoms with Crippen LogP contribution in [0.3, 0.4) is 0 Å². The Morgan fingerprint density at radius 3 is 1.79 bits per heavy atom. The number of carbonyl (C=O) groups excluding carboxylic acids is 1. The van der Waals surface area contributed by atoms with Crippen LogP contribution in [0.1, 0.15) is 110 Å². The third kappa shape index (κ3) is 14.9. The molecule has 0 N–H and O–H groups in total. The molecule has 0 unspecified atom stereocenters. The fourth-order valence-corrected chi connectivity index (χ4v) is 4.20. The van der Waals surface area contributed by atoms with Gasteiger partial charge in [0.2, 0.25) is 5.91 Å². The second-order valence-corrected chi connectivity index (χ2v) is 9.77. The molecular weight excluding hydrogens is 360 g/mol. The van der Waals surface area contributed by atoms with Crippen molar-refractivity contribution >= 4 is 5.91 Å². The largest absolute Gasteiger partial charge is 0.376 e. The molecule has 1 fully saturated rings. The van der Waals surface area contributed by atoms with E-state index < -0.39 is 0 Å². The highest BCUT2D eigenvalue weighted by atomic mass is 16.5. The Hall–Kier alpha value is -0.610. The van der Waals surface area contributed by atoms with E-state index >= 15 is 0 Å². The maximum Gasteiger partial charge on any atom is 0.226 e. The number of rotatable bonds is 20. The van der Waals surface area contributed by atoms with E-state index in [1.165, 1.54) is 89.9 Å². The Morgan fingerprint density at radius 2 is 1.31 bits per heavy atom. The lowest BCUT2D eigenvalue weighted by Gasteiger charge is -2.33. The fourth-order valence-electron chi connectivity index (χ4n) is 4.20. The minimum Gasteiger partial charge on any atom is -0.376 e. The van der Waals surface area contributed by atoms with E-state index in [1.807, 2.05) is 4.90 Å². The average molecular weight is 412 g/mol. The Morgan fingerprint density at radius 1 is 0.793 bits per heavy atom. The van der Waals surface area contributed by atoms with Gasteiger partial charge in [0, 0.05) is 19.6 Å². The van der Waals surface area contributed by atoms with E-state index in [4.69, 9.17) is 4.74 Å². The first kappa shape index (κ1) is 26.4. The first-order valence-electron chi connectivity index (χ1n) is 12.7. The van der Waals surface area contributed by atoms with Gasteiger partial charge in [0.05, 0.1) is 20.7 Å². The molecule has 1 aliphatic heterocycles. The summed E-state index contributed by atoms with van der Waals surface area (Å²) in [5.41, 5.74) is 0. The standard InChI is InChI=1S/C25H51N2O2/c1-4-5-6-7-8-9-10-11-12-13-14-15-16-17-22-29-23-21-27(2,3)24-26-20-18-19-25(26)28/h4-24H2,1-3H3/q+1. The molecule has 0 aromatic heterocycles. The fraction of sp³-hybridized carbons (Fsp3) is 0.960. The van der Waals surface area contributed by atoms with E-state index in [1.54, 1.807) is 0 Å². The quantitative estimate of drug-likeness (QED) is 0.178. The maximum absolute atomic E-state index is 11.8. The van der Waals surface area contributed by atoms with Crippen LogP contribution in [0.4, 0.5) is 0 Å². The van der Waals surface area contributed by atoms with Crippen LogP contribution < -0.4 is 0 Å². The van der Waals surface area contributed by atoms with Crippen molar-refractivity contribution in [2.75, 3.05) is 47.1 Å². The molecule has 4 heteroatoms. The summed E-state index contributed by atoms with van der Waals surface area (Å²) in [6.07, 6.45) is 21.3. The molecule has 4 nitrogen and oxygen atoms in total. The highest BCUT2D eigenvalue weighted by molar-refractivity contribution is 5.77.